The van der Waals surface area contributed by atoms with Gasteiger partial charge in [0.05, 0.1) is 24.7 Å². The Morgan fingerprint density at radius 3 is 2.54 bits per heavy atom. The number of anilines is 2. The van der Waals surface area contributed by atoms with Crippen LogP contribution < -0.4 is 15.4 Å². The molecule has 2 aromatic rings. The van der Waals surface area contributed by atoms with E-state index in [1.807, 2.05) is 13.0 Å². The van der Waals surface area contributed by atoms with Gasteiger partial charge >= 0.3 is 5.97 Å². The van der Waals surface area contributed by atoms with Gasteiger partial charge < -0.3 is 20.1 Å². The summed E-state index contributed by atoms with van der Waals surface area (Å²) >= 11 is 0. The number of amides is 1. The van der Waals surface area contributed by atoms with Crippen molar-refractivity contribution in [2.24, 2.45) is 0 Å². The molecule has 0 aromatic heterocycles. The maximum Gasteiger partial charge on any atom is 0.340 e. The third-order valence-electron chi connectivity index (χ3n) is 4.08. The standard InChI is InChI=1S/C21H23N3O4/c1-3-27-17-10-8-16(9-11-17)24(13-5-12-22)19(25)14-28-21(26)18-7-4-6-15(2)20(18)23/h4,6-11H,3,5,13-14,23H2,1-2H3. The lowest BCUT2D eigenvalue weighted by molar-refractivity contribution is -0.121. The number of nitrogen functional groups attached to an aromatic ring is 1. The lowest BCUT2D eigenvalue weighted by atomic mass is 10.1. The Hall–Kier alpha value is -3.53. The summed E-state index contributed by atoms with van der Waals surface area (Å²) in [6.07, 6.45) is 0.151. The Morgan fingerprint density at radius 2 is 1.89 bits per heavy atom. The van der Waals surface area contributed by atoms with E-state index in [9.17, 15) is 9.59 Å². The number of esters is 1. The van der Waals surface area contributed by atoms with Crippen LogP contribution in [0.5, 0.6) is 5.75 Å². The number of nitriles is 1. The molecule has 0 fully saturated rings. The van der Waals surface area contributed by atoms with Crippen molar-refractivity contribution in [3.8, 4) is 11.8 Å². The number of ether oxygens (including phenoxy) is 2. The number of aryl methyl sites for hydroxylation is 1. The third-order valence-corrected chi connectivity index (χ3v) is 4.08. The summed E-state index contributed by atoms with van der Waals surface area (Å²) in [5.74, 6) is -0.416. The first kappa shape index (κ1) is 20.8. The van der Waals surface area contributed by atoms with Crippen molar-refractivity contribution in [3.63, 3.8) is 0 Å². The highest BCUT2D eigenvalue weighted by Crippen LogP contribution is 2.21. The molecule has 0 saturated heterocycles. The fraction of sp³-hybridized carbons (Fsp3) is 0.286. The Bertz CT molecular complexity index is 872. The number of hydrogen-bond acceptors (Lipinski definition) is 6. The summed E-state index contributed by atoms with van der Waals surface area (Å²) in [5.41, 5.74) is 7.80. The maximum absolute atomic E-state index is 12.6. The fourth-order valence-corrected chi connectivity index (χ4v) is 2.59. The lowest BCUT2D eigenvalue weighted by Gasteiger charge is -2.22. The minimum atomic E-state index is -0.665. The monoisotopic (exact) mass is 381 g/mol. The van der Waals surface area contributed by atoms with E-state index in [-0.39, 0.29) is 18.5 Å². The second-order valence-electron chi connectivity index (χ2n) is 5.99. The Labute approximate surface area is 164 Å². The van der Waals surface area contributed by atoms with Crippen LogP contribution in [0.1, 0.15) is 29.3 Å². The predicted octanol–water partition coefficient (Wildman–Crippen LogP) is 3.08. The van der Waals surface area contributed by atoms with E-state index in [4.69, 9.17) is 20.5 Å². The van der Waals surface area contributed by atoms with E-state index >= 15 is 0 Å². The summed E-state index contributed by atoms with van der Waals surface area (Å²) in [7, 11) is 0. The van der Waals surface area contributed by atoms with Gasteiger partial charge in [-0.1, -0.05) is 12.1 Å². The van der Waals surface area contributed by atoms with E-state index in [2.05, 4.69) is 0 Å². The maximum atomic E-state index is 12.6. The van der Waals surface area contributed by atoms with Gasteiger partial charge in [0.2, 0.25) is 0 Å². The predicted molar refractivity (Wildman–Crippen MR) is 106 cm³/mol. The van der Waals surface area contributed by atoms with E-state index in [1.165, 1.54) is 4.90 Å². The molecule has 0 saturated carbocycles. The molecule has 0 radical (unpaired) electrons. The SMILES string of the molecule is CCOc1ccc(N(CCC#N)C(=O)COC(=O)c2cccc(C)c2N)cc1. The van der Waals surface area contributed by atoms with Gasteiger partial charge in [-0.15, -0.1) is 0 Å². The largest absolute Gasteiger partial charge is 0.494 e. The third kappa shape index (κ3) is 5.24. The van der Waals surface area contributed by atoms with Crippen LogP contribution in [0.3, 0.4) is 0 Å². The van der Waals surface area contributed by atoms with Gasteiger partial charge in [0.1, 0.15) is 5.75 Å². The number of rotatable bonds is 8. The molecule has 0 atom stereocenters. The van der Waals surface area contributed by atoms with Crippen LogP contribution in [0, 0.1) is 18.3 Å². The highest BCUT2D eigenvalue weighted by molar-refractivity contribution is 5.99. The van der Waals surface area contributed by atoms with Gasteiger partial charge in [0, 0.05) is 17.9 Å². The van der Waals surface area contributed by atoms with Crippen molar-refractivity contribution in [3.05, 3.63) is 53.6 Å². The Morgan fingerprint density at radius 1 is 1.18 bits per heavy atom. The van der Waals surface area contributed by atoms with E-state index in [0.717, 1.165) is 5.56 Å². The first-order chi connectivity index (χ1) is 13.5. The first-order valence-corrected chi connectivity index (χ1v) is 8.90. The smallest absolute Gasteiger partial charge is 0.340 e. The molecule has 0 unspecified atom stereocenters. The molecule has 0 heterocycles. The molecule has 2 N–H and O–H groups in total. The van der Waals surface area contributed by atoms with Gasteiger partial charge in [0.25, 0.3) is 5.91 Å². The quantitative estimate of drug-likeness (QED) is 0.556. The molecule has 1 amide bonds. The number of nitrogens with zero attached hydrogens (tertiary/aromatic N) is 2. The fourth-order valence-electron chi connectivity index (χ4n) is 2.59. The second kappa shape index (κ2) is 9.97. The first-order valence-electron chi connectivity index (χ1n) is 8.90. The highest BCUT2D eigenvalue weighted by atomic mass is 16.5. The molecule has 0 bridgehead atoms. The van der Waals surface area contributed by atoms with E-state index in [1.54, 1.807) is 49.4 Å². The summed E-state index contributed by atoms with van der Waals surface area (Å²) in [6, 6.07) is 14.0. The van der Waals surface area contributed by atoms with Crippen molar-refractivity contribution >= 4 is 23.3 Å². The highest BCUT2D eigenvalue weighted by Gasteiger charge is 2.19. The van der Waals surface area contributed by atoms with Crippen LogP contribution in [-0.2, 0) is 9.53 Å². The molecule has 28 heavy (non-hydrogen) atoms. The molecule has 0 aliphatic rings. The van der Waals surface area contributed by atoms with E-state index < -0.39 is 18.5 Å². The van der Waals surface area contributed by atoms with Crippen LogP contribution >= 0.6 is 0 Å². The van der Waals surface area contributed by atoms with Crippen LogP contribution in [0.2, 0.25) is 0 Å². The average Bonchev–Trinajstić information content (AvgIpc) is 2.70. The molecular formula is C21H23N3O4. The normalized spacial score (nSPS) is 10.0. The van der Waals surface area contributed by atoms with Crippen LogP contribution in [0.25, 0.3) is 0 Å². The Balaban J connectivity index is 2.09. The zero-order valence-electron chi connectivity index (χ0n) is 16.0. The summed E-state index contributed by atoms with van der Waals surface area (Å²) < 4.78 is 10.5. The number of para-hydroxylation sites is 1. The van der Waals surface area contributed by atoms with Crippen LogP contribution in [-0.4, -0.2) is 31.6 Å². The van der Waals surface area contributed by atoms with Gasteiger partial charge in [-0.2, -0.15) is 5.26 Å². The van der Waals surface area contributed by atoms with Gasteiger partial charge in [-0.05, 0) is 49.7 Å². The van der Waals surface area contributed by atoms with Crippen molar-refractivity contribution < 1.29 is 19.1 Å². The van der Waals surface area contributed by atoms with Crippen LogP contribution in [0.15, 0.2) is 42.5 Å². The van der Waals surface area contributed by atoms with Crippen LogP contribution in [0.4, 0.5) is 11.4 Å². The molecule has 2 rings (SSSR count). The topological polar surface area (TPSA) is 106 Å². The van der Waals surface area contributed by atoms with Crippen molar-refractivity contribution in [1.82, 2.24) is 0 Å². The zero-order chi connectivity index (χ0) is 20.5. The summed E-state index contributed by atoms with van der Waals surface area (Å²) in [6.45, 7) is 3.94. The number of carbonyl (C=O) groups excluding carboxylic acids is 2. The van der Waals surface area contributed by atoms with Crippen molar-refractivity contribution in [1.29, 1.82) is 5.26 Å². The zero-order valence-corrected chi connectivity index (χ0v) is 16.0. The molecule has 0 spiro atoms. The molecule has 146 valence electrons. The van der Waals surface area contributed by atoms with Crippen molar-refractivity contribution in [2.75, 3.05) is 30.4 Å². The Kier molecular flexibility index (Phi) is 7.40. The van der Waals surface area contributed by atoms with Crippen molar-refractivity contribution in [2.45, 2.75) is 20.3 Å². The second-order valence-corrected chi connectivity index (χ2v) is 5.99. The lowest BCUT2D eigenvalue weighted by Crippen LogP contribution is -2.35. The minimum absolute atomic E-state index is 0.151. The number of carbonyl (C=O) groups is 2. The van der Waals surface area contributed by atoms with Gasteiger partial charge in [-0.3, -0.25) is 4.79 Å². The van der Waals surface area contributed by atoms with Gasteiger partial charge in [0.15, 0.2) is 6.61 Å². The summed E-state index contributed by atoms with van der Waals surface area (Å²) in [5, 5.41) is 8.87. The van der Waals surface area contributed by atoms with E-state index in [0.29, 0.717) is 23.7 Å². The molecule has 7 nitrogen and oxygen atoms in total. The number of hydrogen-bond donors (Lipinski definition) is 1. The number of nitrogens with two attached hydrogens (primary N) is 1. The minimum Gasteiger partial charge on any atom is -0.494 e. The molecule has 7 heteroatoms. The van der Waals surface area contributed by atoms with Gasteiger partial charge in [-0.25, -0.2) is 4.79 Å². The molecule has 0 aliphatic carbocycles. The molecule has 2 aromatic carbocycles. The number of benzene rings is 2. The molecule has 0 aliphatic heterocycles. The molecular weight excluding hydrogens is 358 g/mol. The average molecular weight is 381 g/mol. The summed E-state index contributed by atoms with van der Waals surface area (Å²) in [4.78, 5) is 26.3.